The minimum Gasteiger partial charge on any atom is -0.497 e. The maximum absolute atomic E-state index is 12.0. The molecular weight excluding hydrogens is 366 g/mol. The summed E-state index contributed by atoms with van der Waals surface area (Å²) < 4.78 is 17.3. The van der Waals surface area contributed by atoms with Crippen LogP contribution in [-0.4, -0.2) is 51.6 Å². The van der Waals surface area contributed by atoms with E-state index in [1.54, 1.807) is 14.2 Å². The number of benzene rings is 2. The van der Waals surface area contributed by atoms with E-state index in [0.717, 1.165) is 47.3 Å². The second-order valence-corrected chi connectivity index (χ2v) is 7.73. The summed E-state index contributed by atoms with van der Waals surface area (Å²) in [5.74, 6) is 1.87. The van der Waals surface area contributed by atoms with E-state index in [9.17, 15) is 4.79 Å². The Hall–Kier alpha value is -2.53. The van der Waals surface area contributed by atoms with Crippen LogP contribution in [0.5, 0.6) is 17.2 Å². The van der Waals surface area contributed by atoms with Crippen molar-refractivity contribution in [3.8, 4) is 28.4 Å². The van der Waals surface area contributed by atoms with Gasteiger partial charge >= 0.3 is 0 Å². The lowest BCUT2D eigenvalue weighted by Gasteiger charge is -2.26. The van der Waals surface area contributed by atoms with Gasteiger partial charge in [0.2, 0.25) is 0 Å². The van der Waals surface area contributed by atoms with Gasteiger partial charge in [0.05, 0.1) is 26.7 Å². The molecule has 1 saturated heterocycles. The molecule has 0 bridgehead atoms. The van der Waals surface area contributed by atoms with E-state index in [1.165, 1.54) is 32.4 Å². The van der Waals surface area contributed by atoms with E-state index in [1.807, 2.05) is 30.3 Å². The molecular formula is C24H29NO4. The zero-order valence-corrected chi connectivity index (χ0v) is 17.3. The molecule has 0 radical (unpaired) electrons. The van der Waals surface area contributed by atoms with Crippen LogP contribution in [0.3, 0.4) is 0 Å². The lowest BCUT2D eigenvalue weighted by Crippen LogP contribution is -2.31. The highest BCUT2D eigenvalue weighted by Gasteiger charge is 2.34. The summed E-state index contributed by atoms with van der Waals surface area (Å²) in [6.07, 6.45) is 5.95. The molecule has 154 valence electrons. The maximum Gasteiger partial charge on any atom is 0.131 e. The highest BCUT2D eigenvalue weighted by atomic mass is 16.5. The number of carbonyl (C=O) groups is 1. The number of aldehydes is 1. The van der Waals surface area contributed by atoms with Crippen LogP contribution in [0.15, 0.2) is 30.3 Å². The Labute approximate surface area is 172 Å². The van der Waals surface area contributed by atoms with Gasteiger partial charge in [-0.1, -0.05) is 18.6 Å². The molecule has 1 unspecified atom stereocenters. The third kappa shape index (κ3) is 3.84. The van der Waals surface area contributed by atoms with Crippen LogP contribution in [0.25, 0.3) is 11.1 Å². The van der Waals surface area contributed by atoms with Gasteiger partial charge in [0.15, 0.2) is 0 Å². The van der Waals surface area contributed by atoms with Gasteiger partial charge in [-0.3, -0.25) is 0 Å². The Morgan fingerprint density at radius 2 is 1.79 bits per heavy atom. The normalized spacial score (nSPS) is 18.1. The van der Waals surface area contributed by atoms with Crippen LogP contribution >= 0.6 is 0 Å². The topological polar surface area (TPSA) is 48.0 Å². The van der Waals surface area contributed by atoms with E-state index in [-0.39, 0.29) is 5.92 Å². The molecule has 0 amide bonds. The molecule has 2 aliphatic rings. The van der Waals surface area contributed by atoms with Gasteiger partial charge < -0.3 is 23.9 Å². The fourth-order valence-electron chi connectivity index (χ4n) is 4.56. The Kier molecular flexibility index (Phi) is 6.05. The number of rotatable bonds is 8. The first-order valence-electron chi connectivity index (χ1n) is 10.5. The second-order valence-electron chi connectivity index (χ2n) is 7.73. The summed E-state index contributed by atoms with van der Waals surface area (Å²) in [7, 11) is 3.26. The molecule has 2 aromatic rings. The number of hydrogen-bond donors (Lipinski definition) is 0. The minimum atomic E-state index is -0.333. The Morgan fingerprint density at radius 1 is 1.00 bits per heavy atom. The summed E-state index contributed by atoms with van der Waals surface area (Å²) >= 11 is 0. The molecule has 1 fully saturated rings. The Morgan fingerprint density at radius 3 is 2.52 bits per heavy atom. The molecule has 1 heterocycles. The molecule has 5 nitrogen and oxygen atoms in total. The number of fused-ring (bicyclic) bond motifs is 3. The Balaban J connectivity index is 1.58. The molecule has 1 aliphatic heterocycles. The minimum absolute atomic E-state index is 0.333. The van der Waals surface area contributed by atoms with Crippen LogP contribution in [0.1, 0.15) is 42.7 Å². The SMILES string of the molecule is COc1cc(OC)c2c(c1)C(C=O)c1cccc(OCCCN3CCCCC3)c1-2. The van der Waals surface area contributed by atoms with Crippen molar-refractivity contribution in [3.63, 3.8) is 0 Å². The van der Waals surface area contributed by atoms with Crippen molar-refractivity contribution in [1.29, 1.82) is 0 Å². The van der Waals surface area contributed by atoms with E-state index in [2.05, 4.69) is 4.90 Å². The van der Waals surface area contributed by atoms with Crippen LogP contribution in [0.4, 0.5) is 0 Å². The van der Waals surface area contributed by atoms with Crippen LogP contribution < -0.4 is 14.2 Å². The van der Waals surface area contributed by atoms with Crippen molar-refractivity contribution in [3.05, 3.63) is 41.5 Å². The number of nitrogens with zero attached hydrogens (tertiary/aromatic N) is 1. The predicted molar refractivity (Wildman–Crippen MR) is 113 cm³/mol. The fourth-order valence-corrected chi connectivity index (χ4v) is 4.56. The zero-order chi connectivity index (χ0) is 20.2. The summed E-state index contributed by atoms with van der Waals surface area (Å²) in [6.45, 7) is 4.14. The van der Waals surface area contributed by atoms with Gasteiger partial charge in [0.25, 0.3) is 0 Å². The molecule has 0 N–H and O–H groups in total. The van der Waals surface area contributed by atoms with Crippen molar-refractivity contribution in [2.45, 2.75) is 31.6 Å². The first-order valence-corrected chi connectivity index (χ1v) is 10.5. The summed E-state index contributed by atoms with van der Waals surface area (Å²) in [4.78, 5) is 14.5. The van der Waals surface area contributed by atoms with Crippen LogP contribution in [-0.2, 0) is 4.79 Å². The number of carbonyl (C=O) groups excluding carboxylic acids is 1. The lowest BCUT2D eigenvalue weighted by atomic mass is 9.98. The third-order valence-corrected chi connectivity index (χ3v) is 6.00. The summed E-state index contributed by atoms with van der Waals surface area (Å²) in [6, 6.07) is 9.74. The smallest absolute Gasteiger partial charge is 0.131 e. The standard InChI is InChI=1S/C24H29NO4/c1-27-17-14-19-20(16-26)18-8-6-9-21(23(18)24(19)22(15-17)28-2)29-13-7-12-25-10-4-3-5-11-25/h6,8-9,14-16,20H,3-5,7,10-13H2,1-2H3. The van der Waals surface area contributed by atoms with Gasteiger partial charge in [0, 0.05) is 23.7 Å². The van der Waals surface area contributed by atoms with Gasteiger partial charge in [0.1, 0.15) is 23.5 Å². The lowest BCUT2D eigenvalue weighted by molar-refractivity contribution is -0.108. The Bertz CT molecular complexity index is 873. The molecule has 0 saturated carbocycles. The zero-order valence-electron chi connectivity index (χ0n) is 17.3. The van der Waals surface area contributed by atoms with Gasteiger partial charge in [-0.25, -0.2) is 0 Å². The first-order chi connectivity index (χ1) is 14.3. The van der Waals surface area contributed by atoms with Crippen molar-refractivity contribution in [2.75, 3.05) is 40.5 Å². The van der Waals surface area contributed by atoms with E-state index in [0.29, 0.717) is 18.1 Å². The average molecular weight is 395 g/mol. The number of ether oxygens (including phenoxy) is 3. The van der Waals surface area contributed by atoms with Crippen molar-refractivity contribution in [2.24, 2.45) is 0 Å². The van der Waals surface area contributed by atoms with E-state index < -0.39 is 0 Å². The molecule has 2 aromatic carbocycles. The predicted octanol–water partition coefficient (Wildman–Crippen LogP) is 4.27. The van der Waals surface area contributed by atoms with Gasteiger partial charge in [-0.2, -0.15) is 0 Å². The number of methoxy groups -OCH3 is 2. The second kappa shape index (κ2) is 8.87. The molecule has 0 spiro atoms. The molecule has 0 aromatic heterocycles. The molecule has 1 aliphatic carbocycles. The third-order valence-electron chi connectivity index (χ3n) is 6.00. The quantitative estimate of drug-likeness (QED) is 0.493. The maximum atomic E-state index is 12.0. The van der Waals surface area contributed by atoms with Crippen molar-refractivity contribution < 1.29 is 19.0 Å². The number of hydrogen-bond acceptors (Lipinski definition) is 5. The highest BCUT2D eigenvalue weighted by Crippen LogP contribution is 2.53. The van der Waals surface area contributed by atoms with Crippen LogP contribution in [0.2, 0.25) is 0 Å². The van der Waals surface area contributed by atoms with Crippen LogP contribution in [0, 0.1) is 0 Å². The molecule has 29 heavy (non-hydrogen) atoms. The summed E-state index contributed by atoms with van der Waals surface area (Å²) in [5, 5.41) is 0. The highest BCUT2D eigenvalue weighted by molar-refractivity contribution is 5.94. The molecule has 5 heteroatoms. The van der Waals surface area contributed by atoms with Crippen molar-refractivity contribution in [1.82, 2.24) is 4.90 Å². The van der Waals surface area contributed by atoms with Gasteiger partial charge in [-0.05, 0) is 55.6 Å². The first kappa shape index (κ1) is 19.8. The average Bonchev–Trinajstić information content (AvgIpc) is 3.10. The number of likely N-dealkylation sites (tertiary alicyclic amines) is 1. The largest absolute Gasteiger partial charge is 0.497 e. The van der Waals surface area contributed by atoms with Crippen molar-refractivity contribution >= 4 is 6.29 Å². The van der Waals surface area contributed by atoms with E-state index in [4.69, 9.17) is 14.2 Å². The van der Waals surface area contributed by atoms with Gasteiger partial charge in [-0.15, -0.1) is 0 Å². The number of piperidine rings is 1. The monoisotopic (exact) mass is 395 g/mol. The summed E-state index contributed by atoms with van der Waals surface area (Å²) in [5.41, 5.74) is 3.79. The van der Waals surface area contributed by atoms with E-state index >= 15 is 0 Å². The molecule has 4 rings (SSSR count). The molecule has 1 atom stereocenters. The fraction of sp³-hybridized carbons (Fsp3) is 0.458.